The van der Waals surface area contributed by atoms with Gasteiger partial charge in [0.25, 0.3) is 11.8 Å². The molecule has 3 aromatic rings. The predicted octanol–water partition coefficient (Wildman–Crippen LogP) is 7.45. The highest BCUT2D eigenvalue weighted by Crippen LogP contribution is 2.43. The highest BCUT2D eigenvalue weighted by Gasteiger charge is 2.47. The Morgan fingerprint density at radius 1 is 1.00 bits per heavy atom. The zero-order chi connectivity index (χ0) is 35.3. The quantitative estimate of drug-likeness (QED) is 0.286. The number of aromatic amines is 1. The van der Waals surface area contributed by atoms with Gasteiger partial charge < -0.3 is 24.4 Å². The maximum Gasteiger partial charge on any atom is 0.410 e. The van der Waals surface area contributed by atoms with Gasteiger partial charge in [-0.3, -0.25) is 9.59 Å². The molecule has 0 aliphatic carbocycles. The topological polar surface area (TPSA) is 86.0 Å². The van der Waals surface area contributed by atoms with Crippen molar-refractivity contribution in [3.8, 4) is 11.1 Å². The lowest BCUT2D eigenvalue weighted by atomic mass is 9.85. The number of H-pyrrole nitrogens is 1. The van der Waals surface area contributed by atoms with Gasteiger partial charge in [-0.15, -0.1) is 0 Å². The molecule has 1 atom stereocenters. The minimum atomic E-state index is -3.35. The lowest BCUT2D eigenvalue weighted by Gasteiger charge is -2.39. The molecule has 258 valence electrons. The third-order valence-electron chi connectivity index (χ3n) is 8.73. The number of aromatic nitrogens is 1. The first-order valence-electron chi connectivity index (χ1n) is 16.1. The van der Waals surface area contributed by atoms with Crippen LogP contribution in [0.4, 0.5) is 22.4 Å². The highest BCUT2D eigenvalue weighted by molar-refractivity contribution is 6.04. The molecule has 0 spiro atoms. The van der Waals surface area contributed by atoms with Crippen molar-refractivity contribution >= 4 is 34.4 Å². The molecule has 1 N–H and O–H groups in total. The highest BCUT2D eigenvalue weighted by atomic mass is 19.3. The van der Waals surface area contributed by atoms with Crippen LogP contribution >= 0.6 is 0 Å². The van der Waals surface area contributed by atoms with E-state index in [-0.39, 0.29) is 70.2 Å². The van der Waals surface area contributed by atoms with Crippen LogP contribution in [0.5, 0.6) is 0 Å². The summed E-state index contributed by atoms with van der Waals surface area (Å²) in [5.41, 5.74) is 0.299. The fourth-order valence-corrected chi connectivity index (χ4v) is 6.36. The molecular weight excluding hydrogens is 628 g/mol. The van der Waals surface area contributed by atoms with E-state index in [1.807, 2.05) is 6.08 Å². The first kappa shape index (κ1) is 35.0. The Bertz CT molecular complexity index is 1790. The summed E-state index contributed by atoms with van der Waals surface area (Å²) in [6.45, 7) is 8.33. The number of nitrogens with zero attached hydrogens (tertiary/aromatic N) is 3. The predicted molar refractivity (Wildman–Crippen MR) is 176 cm³/mol. The second-order valence-corrected chi connectivity index (χ2v) is 14.1. The van der Waals surface area contributed by atoms with Gasteiger partial charge in [-0.1, -0.05) is 32.1 Å². The average Bonchev–Trinajstić information content (AvgIpc) is 3.45. The molecule has 3 heterocycles. The molecule has 8 nitrogen and oxygen atoms in total. The van der Waals surface area contributed by atoms with E-state index in [0.29, 0.717) is 18.5 Å². The largest absolute Gasteiger partial charge is 0.444 e. The van der Waals surface area contributed by atoms with Crippen molar-refractivity contribution in [3.05, 3.63) is 64.9 Å². The van der Waals surface area contributed by atoms with E-state index in [9.17, 15) is 14.4 Å². The van der Waals surface area contributed by atoms with Crippen LogP contribution in [0.1, 0.15) is 75.0 Å². The van der Waals surface area contributed by atoms with Gasteiger partial charge in [-0.05, 0) is 68.5 Å². The number of amides is 3. The van der Waals surface area contributed by atoms with Gasteiger partial charge in [-0.2, -0.15) is 0 Å². The third kappa shape index (κ3) is 6.93. The molecule has 3 amide bonds. The first-order valence-corrected chi connectivity index (χ1v) is 16.1. The summed E-state index contributed by atoms with van der Waals surface area (Å²) in [7, 11) is 3.10. The average molecular weight is 671 g/mol. The van der Waals surface area contributed by atoms with Crippen LogP contribution in [0, 0.1) is 17.6 Å². The summed E-state index contributed by atoms with van der Waals surface area (Å²) in [4.78, 5) is 44.9. The van der Waals surface area contributed by atoms with Gasteiger partial charge in [-0.25, -0.2) is 22.4 Å². The van der Waals surface area contributed by atoms with E-state index in [1.165, 1.54) is 29.2 Å². The number of nitrogens with one attached hydrogen (secondary N) is 1. The number of benzene rings is 2. The van der Waals surface area contributed by atoms with Crippen LogP contribution in [-0.2, 0) is 9.53 Å². The van der Waals surface area contributed by atoms with Crippen molar-refractivity contribution in [3.63, 3.8) is 0 Å². The minimum absolute atomic E-state index is 0.00886. The smallest absolute Gasteiger partial charge is 0.410 e. The lowest BCUT2D eigenvalue weighted by Crippen LogP contribution is -2.50. The number of likely N-dealkylation sites (tertiary alicyclic amines) is 1. The Labute approximate surface area is 277 Å². The maximum absolute atomic E-state index is 16.3. The molecule has 2 aromatic carbocycles. The Morgan fingerprint density at radius 2 is 1.71 bits per heavy atom. The summed E-state index contributed by atoms with van der Waals surface area (Å²) < 4.78 is 68.6. The number of halogens is 4. The molecule has 1 aromatic heterocycles. The van der Waals surface area contributed by atoms with Crippen LogP contribution in [0.3, 0.4) is 0 Å². The fourth-order valence-electron chi connectivity index (χ4n) is 6.36. The summed E-state index contributed by atoms with van der Waals surface area (Å²) in [6, 6.07) is 6.83. The number of ether oxygens (including phenoxy) is 1. The van der Waals surface area contributed by atoms with Gasteiger partial charge in [0, 0.05) is 56.2 Å². The number of hydrogen-bond donors (Lipinski definition) is 1. The second kappa shape index (κ2) is 12.9. The number of carbonyl (C=O) groups is 3. The summed E-state index contributed by atoms with van der Waals surface area (Å²) in [6.07, 6.45) is 1.41. The van der Waals surface area contributed by atoms with E-state index >= 15 is 17.6 Å². The molecule has 1 saturated heterocycles. The molecule has 5 rings (SSSR count). The zero-order valence-corrected chi connectivity index (χ0v) is 28.3. The number of fused-ring (bicyclic) bond motifs is 1. The van der Waals surface area contributed by atoms with Crippen LogP contribution in [0.25, 0.3) is 27.6 Å². The van der Waals surface area contributed by atoms with Crippen molar-refractivity contribution in [2.45, 2.75) is 64.9 Å². The molecule has 48 heavy (non-hydrogen) atoms. The summed E-state index contributed by atoms with van der Waals surface area (Å²) in [5.74, 6) is -6.89. The molecule has 12 heteroatoms. The van der Waals surface area contributed by atoms with Crippen LogP contribution < -0.4 is 0 Å². The fraction of sp³-hybridized carbons (Fsp3) is 0.472. The normalized spacial score (nSPS) is 18.2. The molecule has 0 radical (unpaired) electrons. The van der Waals surface area contributed by atoms with Gasteiger partial charge in [0.1, 0.15) is 17.1 Å². The Morgan fingerprint density at radius 3 is 2.31 bits per heavy atom. The third-order valence-corrected chi connectivity index (χ3v) is 8.73. The Hall–Kier alpha value is -4.35. The van der Waals surface area contributed by atoms with Crippen molar-refractivity contribution in [2.75, 3.05) is 40.3 Å². The Kier molecular flexibility index (Phi) is 9.42. The number of piperidine rings is 1. The SMILES string of the molecule is CC(C)C(=O)N1CCC=C(c2cc(-c3ccc([C@H]4CCN(C(=O)OC(C)(C)C)CC4(F)F)cc3F)c3cc(C(=O)N(C)C)[nH]c3c2F)C1. The van der Waals surface area contributed by atoms with E-state index in [4.69, 9.17) is 4.74 Å². The van der Waals surface area contributed by atoms with Gasteiger partial charge >= 0.3 is 6.09 Å². The van der Waals surface area contributed by atoms with E-state index in [0.717, 1.165) is 11.0 Å². The number of carbonyl (C=O) groups excluding carboxylic acids is 3. The van der Waals surface area contributed by atoms with E-state index in [2.05, 4.69) is 4.98 Å². The van der Waals surface area contributed by atoms with Crippen molar-refractivity contribution in [2.24, 2.45) is 5.92 Å². The van der Waals surface area contributed by atoms with Crippen molar-refractivity contribution < 1.29 is 36.7 Å². The van der Waals surface area contributed by atoms with Crippen molar-refractivity contribution in [1.82, 2.24) is 19.7 Å². The van der Waals surface area contributed by atoms with E-state index < -0.39 is 47.6 Å². The first-order chi connectivity index (χ1) is 22.4. The molecule has 0 saturated carbocycles. The number of hydrogen-bond acceptors (Lipinski definition) is 4. The van der Waals surface area contributed by atoms with E-state index in [1.54, 1.807) is 53.6 Å². The summed E-state index contributed by atoms with van der Waals surface area (Å²) in [5, 5.41) is 0.246. The molecule has 2 aliphatic heterocycles. The van der Waals surface area contributed by atoms with Crippen molar-refractivity contribution in [1.29, 1.82) is 0 Å². The lowest BCUT2D eigenvalue weighted by molar-refractivity contribution is -0.133. The van der Waals surface area contributed by atoms with Crippen LogP contribution in [-0.4, -0.2) is 89.4 Å². The number of alkyl halides is 2. The molecular formula is C36H42F4N4O4. The van der Waals surface area contributed by atoms with Crippen LogP contribution in [0.2, 0.25) is 0 Å². The molecule has 2 aliphatic rings. The minimum Gasteiger partial charge on any atom is -0.444 e. The van der Waals surface area contributed by atoms with Gasteiger partial charge in [0.15, 0.2) is 5.82 Å². The monoisotopic (exact) mass is 670 g/mol. The van der Waals surface area contributed by atoms with Gasteiger partial charge in [0.05, 0.1) is 18.0 Å². The molecule has 0 bridgehead atoms. The Balaban J connectivity index is 1.55. The van der Waals surface area contributed by atoms with Gasteiger partial charge in [0.2, 0.25) is 5.91 Å². The zero-order valence-electron chi connectivity index (χ0n) is 28.3. The summed E-state index contributed by atoms with van der Waals surface area (Å²) >= 11 is 0. The van der Waals surface area contributed by atoms with Crippen LogP contribution in [0.15, 0.2) is 36.4 Å². The molecule has 1 fully saturated rings. The molecule has 0 unspecified atom stereocenters. The maximum atomic E-state index is 16.3. The standard InChI is InChI=1S/C36H42F4N4O4/c1-20(2)32(45)43-13-8-9-22(18-43)24-16-25(26-17-29(33(46)42(6)7)41-31(26)30(24)38)23-11-10-21(15-28(23)37)27-12-14-44(19-36(27,39)40)34(47)48-35(3,4)5/h9-11,15-17,20,27,41H,8,12-14,18-19H2,1-7H3/t27-/m1/s1. The second-order valence-electron chi connectivity index (χ2n) is 14.1. The number of rotatable bonds is 5.